The molecule has 0 atom stereocenters. The Hall–Kier alpha value is -1.68. The number of nitro groups is 1. The number of hydrogen-bond acceptors (Lipinski definition) is 6. The molecule has 1 aliphatic heterocycles. The molecule has 10 heteroatoms. The van der Waals surface area contributed by atoms with Gasteiger partial charge in [-0.25, -0.2) is 13.1 Å². The van der Waals surface area contributed by atoms with Gasteiger partial charge in [0.1, 0.15) is 5.69 Å². The number of piperidine rings is 1. The van der Waals surface area contributed by atoms with Crippen LogP contribution < -0.4 is 4.90 Å². The molecule has 0 aromatic carbocycles. The van der Waals surface area contributed by atoms with Crippen LogP contribution in [0, 0.1) is 10.1 Å². The third-order valence-electron chi connectivity index (χ3n) is 4.49. The van der Waals surface area contributed by atoms with E-state index in [1.54, 1.807) is 11.7 Å². The van der Waals surface area contributed by atoms with Gasteiger partial charge in [-0.2, -0.15) is 9.40 Å². The van der Waals surface area contributed by atoms with Gasteiger partial charge >= 0.3 is 5.69 Å². The average molecular weight is 359 g/mol. The highest BCUT2D eigenvalue weighted by Gasteiger charge is 2.34. The largest absolute Gasteiger partial charge is 0.351 e. The van der Waals surface area contributed by atoms with E-state index in [-0.39, 0.29) is 16.7 Å². The van der Waals surface area contributed by atoms with Crippen molar-refractivity contribution in [1.82, 2.24) is 14.1 Å². The summed E-state index contributed by atoms with van der Waals surface area (Å²) in [6.07, 6.45) is 3.01. The van der Waals surface area contributed by atoms with Gasteiger partial charge in [-0.05, 0) is 19.3 Å². The minimum Gasteiger partial charge on any atom is -0.351 e. The van der Waals surface area contributed by atoms with E-state index in [0.717, 1.165) is 0 Å². The summed E-state index contributed by atoms with van der Waals surface area (Å²) in [5.74, 6) is 0.512. The van der Waals surface area contributed by atoms with Crippen molar-refractivity contribution in [1.29, 1.82) is 0 Å². The van der Waals surface area contributed by atoms with Crippen LogP contribution in [0.15, 0.2) is 0 Å². The third-order valence-corrected chi connectivity index (χ3v) is 5.90. The van der Waals surface area contributed by atoms with Crippen molar-refractivity contribution in [2.45, 2.75) is 39.2 Å². The Kier molecular flexibility index (Phi) is 5.49. The Balaban J connectivity index is 2.22. The molecule has 0 radical (unpaired) electrons. The first-order chi connectivity index (χ1) is 11.2. The summed E-state index contributed by atoms with van der Waals surface area (Å²) in [6, 6.07) is -0.0563. The van der Waals surface area contributed by atoms with Crippen LogP contribution in [0.25, 0.3) is 0 Å². The Bertz CT molecular complexity index is 707. The standard InChI is InChI=1S/C14H25N5O4S/c1-5-12-13(19(20)21)14(16(3)15-12)17-9-7-11(8-10-17)18(6-2)24(4,22)23/h11H,5-10H2,1-4H3. The van der Waals surface area contributed by atoms with Crippen LogP contribution in [-0.4, -0.2) is 59.4 Å². The number of aromatic nitrogens is 2. The van der Waals surface area contributed by atoms with Crippen molar-refractivity contribution >= 4 is 21.5 Å². The maximum absolute atomic E-state index is 11.9. The minimum atomic E-state index is -3.24. The first-order valence-corrected chi connectivity index (χ1v) is 9.97. The SMILES string of the molecule is CCc1nn(C)c(N2CCC(N(CC)S(C)(=O)=O)CC2)c1[N+](=O)[O-]. The maximum atomic E-state index is 11.9. The van der Waals surface area contributed by atoms with Crippen LogP contribution in [-0.2, 0) is 23.5 Å². The van der Waals surface area contributed by atoms with Crippen LogP contribution >= 0.6 is 0 Å². The molecule has 1 saturated heterocycles. The third kappa shape index (κ3) is 3.54. The van der Waals surface area contributed by atoms with Crippen LogP contribution in [0.5, 0.6) is 0 Å². The molecule has 2 heterocycles. The fourth-order valence-electron chi connectivity index (χ4n) is 3.47. The highest BCUT2D eigenvalue weighted by atomic mass is 32.2. The first kappa shape index (κ1) is 18.7. The second kappa shape index (κ2) is 7.06. The molecule has 1 aromatic heterocycles. The molecular weight excluding hydrogens is 334 g/mol. The van der Waals surface area contributed by atoms with Crippen LogP contribution in [0.2, 0.25) is 0 Å². The second-order valence-electron chi connectivity index (χ2n) is 6.04. The molecule has 0 aliphatic carbocycles. The van der Waals surface area contributed by atoms with Gasteiger partial charge in [-0.1, -0.05) is 13.8 Å². The lowest BCUT2D eigenvalue weighted by Crippen LogP contribution is -2.47. The molecule has 1 aliphatic rings. The highest BCUT2D eigenvalue weighted by molar-refractivity contribution is 7.88. The highest BCUT2D eigenvalue weighted by Crippen LogP contribution is 2.34. The quantitative estimate of drug-likeness (QED) is 0.557. The topological polar surface area (TPSA) is 102 Å². The summed E-state index contributed by atoms with van der Waals surface area (Å²) in [5, 5.41) is 15.7. The normalized spacial score (nSPS) is 16.8. The summed E-state index contributed by atoms with van der Waals surface area (Å²) in [4.78, 5) is 13.0. The van der Waals surface area contributed by atoms with Gasteiger partial charge in [-0.15, -0.1) is 0 Å². The van der Waals surface area contributed by atoms with Crippen LogP contribution in [0.3, 0.4) is 0 Å². The van der Waals surface area contributed by atoms with Crippen LogP contribution in [0.1, 0.15) is 32.4 Å². The van der Waals surface area contributed by atoms with Gasteiger partial charge in [0, 0.05) is 32.7 Å². The average Bonchev–Trinajstić information content (AvgIpc) is 2.84. The van der Waals surface area contributed by atoms with Gasteiger partial charge in [0.05, 0.1) is 11.2 Å². The monoisotopic (exact) mass is 359 g/mol. The predicted octanol–water partition coefficient (Wildman–Crippen LogP) is 1.14. The van der Waals surface area contributed by atoms with E-state index in [4.69, 9.17) is 0 Å². The van der Waals surface area contributed by atoms with Gasteiger partial charge in [0.15, 0.2) is 0 Å². The predicted molar refractivity (Wildman–Crippen MR) is 91.7 cm³/mol. The summed E-state index contributed by atoms with van der Waals surface area (Å²) in [6.45, 7) is 5.25. The van der Waals surface area contributed by atoms with Gasteiger partial charge in [-0.3, -0.25) is 10.1 Å². The van der Waals surface area contributed by atoms with E-state index in [2.05, 4.69) is 5.10 Å². The number of rotatable bonds is 6. The van der Waals surface area contributed by atoms with Crippen molar-refractivity contribution in [3.05, 3.63) is 15.8 Å². The number of hydrogen-bond donors (Lipinski definition) is 0. The Morgan fingerprint density at radius 1 is 1.33 bits per heavy atom. The molecule has 1 fully saturated rings. The number of anilines is 1. The fourth-order valence-corrected chi connectivity index (χ4v) is 4.69. The van der Waals surface area contributed by atoms with Gasteiger partial charge < -0.3 is 4.90 Å². The Morgan fingerprint density at radius 2 is 1.92 bits per heavy atom. The molecule has 0 spiro atoms. The lowest BCUT2D eigenvalue weighted by molar-refractivity contribution is -0.384. The lowest BCUT2D eigenvalue weighted by Gasteiger charge is -2.37. The van der Waals surface area contributed by atoms with E-state index in [1.165, 1.54) is 10.6 Å². The van der Waals surface area contributed by atoms with E-state index in [1.807, 2.05) is 18.7 Å². The van der Waals surface area contributed by atoms with E-state index in [9.17, 15) is 18.5 Å². The summed E-state index contributed by atoms with van der Waals surface area (Å²) in [5.41, 5.74) is 0.542. The number of sulfonamides is 1. The Morgan fingerprint density at radius 3 is 2.33 bits per heavy atom. The number of aryl methyl sites for hydroxylation is 2. The zero-order valence-electron chi connectivity index (χ0n) is 14.6. The number of nitrogens with zero attached hydrogens (tertiary/aromatic N) is 5. The molecule has 0 saturated carbocycles. The summed E-state index contributed by atoms with van der Waals surface area (Å²) >= 11 is 0. The lowest BCUT2D eigenvalue weighted by atomic mass is 10.0. The fraction of sp³-hybridized carbons (Fsp3) is 0.786. The zero-order valence-corrected chi connectivity index (χ0v) is 15.4. The molecule has 0 N–H and O–H groups in total. The Labute approximate surface area is 142 Å². The summed E-state index contributed by atoms with van der Waals surface area (Å²) < 4.78 is 26.8. The first-order valence-electron chi connectivity index (χ1n) is 8.12. The summed E-state index contributed by atoms with van der Waals surface area (Å²) in [7, 11) is -1.53. The van der Waals surface area contributed by atoms with Gasteiger partial charge in [0.25, 0.3) is 0 Å². The second-order valence-corrected chi connectivity index (χ2v) is 7.97. The molecule has 1 aromatic rings. The molecular formula is C14H25N5O4S. The van der Waals surface area contributed by atoms with Crippen molar-refractivity contribution in [2.24, 2.45) is 7.05 Å². The van der Waals surface area contributed by atoms with E-state index in [0.29, 0.717) is 50.4 Å². The van der Waals surface area contributed by atoms with Crippen LogP contribution in [0.4, 0.5) is 11.5 Å². The maximum Gasteiger partial charge on any atom is 0.334 e. The molecule has 136 valence electrons. The van der Waals surface area contributed by atoms with Crippen molar-refractivity contribution in [3.8, 4) is 0 Å². The molecule has 2 rings (SSSR count). The molecule has 0 amide bonds. The van der Waals surface area contributed by atoms with Crippen molar-refractivity contribution in [2.75, 3.05) is 30.8 Å². The molecule has 0 bridgehead atoms. The minimum absolute atomic E-state index is 0.0563. The zero-order chi connectivity index (χ0) is 18.1. The molecule has 24 heavy (non-hydrogen) atoms. The van der Waals surface area contributed by atoms with E-state index >= 15 is 0 Å². The van der Waals surface area contributed by atoms with Crippen molar-refractivity contribution < 1.29 is 13.3 Å². The molecule has 9 nitrogen and oxygen atoms in total. The molecule has 0 unspecified atom stereocenters. The van der Waals surface area contributed by atoms with Crippen molar-refractivity contribution in [3.63, 3.8) is 0 Å². The van der Waals surface area contributed by atoms with Gasteiger partial charge in [0.2, 0.25) is 15.8 Å². The van der Waals surface area contributed by atoms with E-state index < -0.39 is 10.0 Å². The smallest absolute Gasteiger partial charge is 0.334 e.